The van der Waals surface area contributed by atoms with Crippen LogP contribution >= 0.6 is 0 Å². The predicted molar refractivity (Wildman–Crippen MR) is 67.4 cm³/mol. The standard InChI is InChI=1S/C11H12F3N3O2S/c12-11(13,14)7-15-5-6-17-8-16-9-3-1-2-4-10(9)20(17,18)19/h1-4,8,15H,5-7H2. The number of halogens is 3. The van der Waals surface area contributed by atoms with E-state index in [1.54, 1.807) is 18.2 Å². The van der Waals surface area contributed by atoms with E-state index in [0.717, 1.165) is 10.6 Å². The van der Waals surface area contributed by atoms with Crippen molar-refractivity contribution < 1.29 is 21.6 Å². The Hall–Kier alpha value is -1.61. The molecule has 0 bridgehead atoms. The SMILES string of the molecule is O=S1(=O)c2ccccc2N=CN1CCNCC(F)(F)F. The molecule has 0 aliphatic carbocycles. The first-order valence-corrected chi connectivity index (χ1v) is 7.17. The number of nitrogens with one attached hydrogen (secondary N) is 1. The molecular formula is C11H12F3N3O2S. The Morgan fingerprint density at radius 1 is 1.25 bits per heavy atom. The van der Waals surface area contributed by atoms with Gasteiger partial charge in [0, 0.05) is 13.1 Å². The summed E-state index contributed by atoms with van der Waals surface area (Å²) in [5.41, 5.74) is 0.326. The van der Waals surface area contributed by atoms with Gasteiger partial charge in [-0.15, -0.1) is 0 Å². The van der Waals surface area contributed by atoms with Crippen LogP contribution in [0.5, 0.6) is 0 Å². The lowest BCUT2D eigenvalue weighted by atomic mass is 10.3. The summed E-state index contributed by atoms with van der Waals surface area (Å²) in [4.78, 5) is 4.02. The van der Waals surface area contributed by atoms with Crippen LogP contribution in [-0.2, 0) is 10.0 Å². The minimum absolute atomic E-state index is 0.0540. The number of nitrogens with zero attached hydrogens (tertiary/aromatic N) is 2. The first kappa shape index (κ1) is 14.8. The molecule has 0 saturated heterocycles. The summed E-state index contributed by atoms with van der Waals surface area (Å²) >= 11 is 0. The van der Waals surface area contributed by atoms with Crippen molar-refractivity contribution in [1.29, 1.82) is 0 Å². The first-order chi connectivity index (χ1) is 9.31. The van der Waals surface area contributed by atoms with Crippen molar-refractivity contribution in [3.8, 4) is 0 Å². The fourth-order valence-electron chi connectivity index (χ4n) is 1.69. The van der Waals surface area contributed by atoms with E-state index in [0.29, 0.717) is 5.69 Å². The van der Waals surface area contributed by atoms with E-state index in [-0.39, 0.29) is 18.0 Å². The van der Waals surface area contributed by atoms with Crippen LogP contribution in [-0.4, -0.2) is 44.9 Å². The minimum atomic E-state index is -4.32. The lowest BCUT2D eigenvalue weighted by Crippen LogP contribution is -2.39. The summed E-state index contributed by atoms with van der Waals surface area (Å²) in [6.07, 6.45) is -3.20. The van der Waals surface area contributed by atoms with Crippen molar-refractivity contribution in [1.82, 2.24) is 9.62 Å². The van der Waals surface area contributed by atoms with E-state index < -0.39 is 22.7 Å². The molecule has 5 nitrogen and oxygen atoms in total. The maximum Gasteiger partial charge on any atom is 0.401 e. The van der Waals surface area contributed by atoms with Gasteiger partial charge in [-0.25, -0.2) is 13.4 Å². The first-order valence-electron chi connectivity index (χ1n) is 5.73. The molecular weight excluding hydrogens is 295 g/mol. The zero-order chi connectivity index (χ0) is 14.8. The van der Waals surface area contributed by atoms with Gasteiger partial charge in [0.25, 0.3) is 10.0 Å². The van der Waals surface area contributed by atoms with Gasteiger partial charge in [0.05, 0.1) is 12.2 Å². The molecule has 1 aliphatic rings. The fraction of sp³-hybridized carbons (Fsp3) is 0.364. The molecule has 1 N–H and O–H groups in total. The van der Waals surface area contributed by atoms with Crippen LogP contribution in [0.4, 0.5) is 18.9 Å². The lowest BCUT2D eigenvalue weighted by Gasteiger charge is -2.24. The number of alkyl halides is 3. The number of sulfonamides is 1. The van der Waals surface area contributed by atoms with Gasteiger partial charge in [0.1, 0.15) is 11.2 Å². The molecule has 2 rings (SSSR count). The number of hydrogen-bond donors (Lipinski definition) is 1. The Labute approximate surface area is 114 Å². The third kappa shape index (κ3) is 3.28. The van der Waals surface area contributed by atoms with Gasteiger partial charge in [-0.1, -0.05) is 12.1 Å². The quantitative estimate of drug-likeness (QED) is 0.858. The van der Waals surface area contributed by atoms with E-state index in [2.05, 4.69) is 10.3 Å². The third-order valence-electron chi connectivity index (χ3n) is 2.61. The van der Waals surface area contributed by atoms with E-state index >= 15 is 0 Å². The Kier molecular flexibility index (Phi) is 4.00. The molecule has 1 aliphatic heterocycles. The normalized spacial score (nSPS) is 17.1. The Bertz CT molecular complexity index is 614. The fourth-order valence-corrected chi connectivity index (χ4v) is 3.09. The van der Waals surface area contributed by atoms with Gasteiger partial charge in [-0.2, -0.15) is 13.2 Å². The molecule has 110 valence electrons. The smallest absolute Gasteiger partial charge is 0.307 e. The van der Waals surface area contributed by atoms with Gasteiger partial charge < -0.3 is 5.32 Å². The highest BCUT2D eigenvalue weighted by Crippen LogP contribution is 2.29. The number of rotatable bonds is 4. The molecule has 20 heavy (non-hydrogen) atoms. The van der Waals surface area contributed by atoms with Crippen LogP contribution in [0.3, 0.4) is 0 Å². The lowest BCUT2D eigenvalue weighted by molar-refractivity contribution is -0.124. The number of benzene rings is 1. The van der Waals surface area contributed by atoms with Crippen molar-refractivity contribution >= 4 is 22.0 Å². The Balaban J connectivity index is 2.02. The second-order valence-electron chi connectivity index (χ2n) is 4.12. The minimum Gasteiger partial charge on any atom is -0.307 e. The highest BCUT2D eigenvalue weighted by molar-refractivity contribution is 7.89. The van der Waals surface area contributed by atoms with Gasteiger partial charge >= 0.3 is 6.18 Å². The Morgan fingerprint density at radius 3 is 2.65 bits per heavy atom. The van der Waals surface area contributed by atoms with E-state index in [4.69, 9.17) is 0 Å². The second kappa shape index (κ2) is 5.41. The molecule has 0 amide bonds. The Morgan fingerprint density at radius 2 is 1.95 bits per heavy atom. The van der Waals surface area contributed by atoms with Crippen molar-refractivity contribution in [2.24, 2.45) is 4.99 Å². The average Bonchev–Trinajstić information content (AvgIpc) is 2.36. The average molecular weight is 307 g/mol. The van der Waals surface area contributed by atoms with Crippen LogP contribution in [0.25, 0.3) is 0 Å². The van der Waals surface area contributed by atoms with Gasteiger partial charge in [-0.3, -0.25) is 4.31 Å². The molecule has 9 heteroatoms. The van der Waals surface area contributed by atoms with Crippen molar-refractivity contribution in [3.05, 3.63) is 24.3 Å². The number of fused-ring (bicyclic) bond motifs is 1. The van der Waals surface area contributed by atoms with Crippen LogP contribution in [0.1, 0.15) is 0 Å². The number of hydrogen-bond acceptors (Lipinski definition) is 4. The zero-order valence-corrected chi connectivity index (χ0v) is 11.1. The maximum absolute atomic E-state index is 12.2. The molecule has 1 aromatic carbocycles. The molecule has 0 aromatic heterocycles. The molecule has 0 unspecified atom stereocenters. The summed E-state index contributed by atoms with van der Waals surface area (Å²) in [7, 11) is -3.74. The monoisotopic (exact) mass is 307 g/mol. The van der Waals surface area contributed by atoms with Crippen LogP contribution in [0, 0.1) is 0 Å². The van der Waals surface area contributed by atoms with Crippen molar-refractivity contribution in [2.45, 2.75) is 11.1 Å². The maximum atomic E-state index is 12.2. The number of para-hydroxylation sites is 1. The highest BCUT2D eigenvalue weighted by atomic mass is 32.2. The highest BCUT2D eigenvalue weighted by Gasteiger charge is 2.29. The summed E-state index contributed by atoms with van der Waals surface area (Å²) in [6.45, 7) is -1.39. The molecule has 0 radical (unpaired) electrons. The van der Waals surface area contributed by atoms with Gasteiger partial charge in [-0.05, 0) is 12.1 Å². The van der Waals surface area contributed by atoms with Crippen LogP contribution in [0.2, 0.25) is 0 Å². The summed E-state index contributed by atoms with van der Waals surface area (Å²) in [6, 6.07) is 6.20. The van der Waals surface area contributed by atoms with E-state index in [9.17, 15) is 21.6 Å². The molecule has 0 fully saturated rings. The van der Waals surface area contributed by atoms with E-state index in [1.165, 1.54) is 6.07 Å². The topological polar surface area (TPSA) is 61.8 Å². The number of aliphatic imine (C=N–C) groups is 1. The molecule has 0 spiro atoms. The van der Waals surface area contributed by atoms with Crippen molar-refractivity contribution in [3.63, 3.8) is 0 Å². The zero-order valence-electron chi connectivity index (χ0n) is 10.3. The van der Waals surface area contributed by atoms with E-state index in [1.807, 2.05) is 0 Å². The molecule has 0 atom stereocenters. The van der Waals surface area contributed by atoms with Crippen LogP contribution < -0.4 is 5.32 Å². The van der Waals surface area contributed by atoms with Crippen LogP contribution in [0.15, 0.2) is 34.2 Å². The second-order valence-corrected chi connectivity index (χ2v) is 5.98. The summed E-state index contributed by atoms with van der Waals surface area (Å²) in [5, 5.41) is 2.14. The van der Waals surface area contributed by atoms with Gasteiger partial charge in [0.2, 0.25) is 0 Å². The third-order valence-corrected chi connectivity index (χ3v) is 4.41. The molecule has 1 aromatic rings. The predicted octanol–water partition coefficient (Wildman–Crippen LogP) is 1.50. The summed E-state index contributed by atoms with van der Waals surface area (Å²) in [5.74, 6) is 0. The molecule has 1 heterocycles. The van der Waals surface area contributed by atoms with Crippen molar-refractivity contribution in [2.75, 3.05) is 19.6 Å². The van der Waals surface area contributed by atoms with Gasteiger partial charge in [0.15, 0.2) is 0 Å². The largest absolute Gasteiger partial charge is 0.401 e. The summed E-state index contributed by atoms with van der Waals surface area (Å²) < 4.78 is 61.1. The molecule has 0 saturated carbocycles.